The topological polar surface area (TPSA) is 75.7 Å². The van der Waals surface area contributed by atoms with Gasteiger partial charge in [0.2, 0.25) is 11.5 Å². The highest BCUT2D eigenvalue weighted by Crippen LogP contribution is 2.49. The standard InChI is InChI=1S/C27H19Cl2F5N2O4S/c28-20-10-18(11-21(29)24(20)30)26(27(32,33)34)12-22(35-40-26)16-6-8-17(9-7-16)25(31)14-36(15-25)23(37)13-41(38,39)19-4-2-1-3-5-19/h1-12,35H,13-15H2. The zero-order chi connectivity index (χ0) is 29.8. The molecule has 2 aliphatic heterocycles. The van der Waals surface area contributed by atoms with Crippen molar-refractivity contribution >= 4 is 44.6 Å². The summed E-state index contributed by atoms with van der Waals surface area (Å²) in [6.07, 6.45) is -4.27. The van der Waals surface area contributed by atoms with E-state index in [0.717, 1.165) is 23.1 Å². The highest BCUT2D eigenvalue weighted by atomic mass is 35.5. The van der Waals surface area contributed by atoms with Crippen molar-refractivity contribution in [3.05, 3.63) is 105 Å². The highest BCUT2D eigenvalue weighted by Gasteiger charge is 2.60. The molecule has 5 rings (SSSR count). The molecular formula is C27H19Cl2F5N2O4S. The number of likely N-dealkylation sites (tertiary alicyclic amines) is 1. The van der Waals surface area contributed by atoms with Crippen molar-refractivity contribution < 1.29 is 40.0 Å². The number of hydrogen-bond donors (Lipinski definition) is 1. The van der Waals surface area contributed by atoms with Crippen LogP contribution in [0.5, 0.6) is 0 Å². The minimum absolute atomic E-state index is 0.0186. The van der Waals surface area contributed by atoms with Crippen molar-refractivity contribution in [3.63, 3.8) is 0 Å². The number of sulfone groups is 1. The van der Waals surface area contributed by atoms with Crippen molar-refractivity contribution in [1.82, 2.24) is 10.4 Å². The predicted molar refractivity (Wildman–Crippen MR) is 141 cm³/mol. The van der Waals surface area contributed by atoms with Crippen LogP contribution in [-0.2, 0) is 30.7 Å². The molecule has 0 aliphatic carbocycles. The fourth-order valence-corrected chi connectivity index (χ4v) is 6.32. The lowest BCUT2D eigenvalue weighted by Gasteiger charge is -2.44. The summed E-state index contributed by atoms with van der Waals surface area (Å²) in [4.78, 5) is 18.5. The van der Waals surface area contributed by atoms with Gasteiger partial charge < -0.3 is 4.90 Å². The number of halogens is 7. The van der Waals surface area contributed by atoms with Gasteiger partial charge in [0.05, 0.1) is 33.7 Å². The van der Waals surface area contributed by atoms with E-state index in [-0.39, 0.29) is 34.8 Å². The number of nitrogens with one attached hydrogen (secondary N) is 1. The molecular weight excluding hydrogens is 614 g/mol. The Bertz CT molecular complexity index is 1620. The van der Waals surface area contributed by atoms with Gasteiger partial charge in [-0.3, -0.25) is 15.1 Å². The van der Waals surface area contributed by atoms with Gasteiger partial charge in [-0.1, -0.05) is 65.7 Å². The van der Waals surface area contributed by atoms with E-state index in [1.54, 1.807) is 6.07 Å². The molecule has 1 atom stereocenters. The van der Waals surface area contributed by atoms with Gasteiger partial charge in [0.15, 0.2) is 21.3 Å². The molecule has 1 fully saturated rings. The first-order valence-electron chi connectivity index (χ1n) is 11.9. The molecule has 3 aromatic rings. The number of carbonyl (C=O) groups excluding carboxylic acids is 1. The Balaban J connectivity index is 1.32. The van der Waals surface area contributed by atoms with Gasteiger partial charge in [-0.15, -0.1) is 0 Å². The molecule has 0 radical (unpaired) electrons. The first-order chi connectivity index (χ1) is 19.2. The van der Waals surface area contributed by atoms with Gasteiger partial charge in [0, 0.05) is 5.56 Å². The van der Waals surface area contributed by atoms with Crippen LogP contribution in [0.3, 0.4) is 0 Å². The van der Waals surface area contributed by atoms with Crippen molar-refractivity contribution in [2.75, 3.05) is 18.8 Å². The Morgan fingerprint density at radius 1 is 0.976 bits per heavy atom. The quantitative estimate of drug-likeness (QED) is 0.269. The third-order valence-electron chi connectivity index (χ3n) is 6.87. The predicted octanol–water partition coefficient (Wildman–Crippen LogP) is 5.95. The van der Waals surface area contributed by atoms with Crippen molar-refractivity contribution in [2.45, 2.75) is 22.3 Å². The van der Waals surface area contributed by atoms with E-state index in [1.807, 2.05) is 0 Å². The van der Waals surface area contributed by atoms with Crippen LogP contribution in [0.25, 0.3) is 5.70 Å². The number of nitrogens with zero attached hydrogens (tertiary/aromatic N) is 1. The van der Waals surface area contributed by atoms with Crippen LogP contribution in [-0.4, -0.2) is 44.2 Å². The molecule has 1 unspecified atom stereocenters. The lowest BCUT2D eigenvalue weighted by Crippen LogP contribution is -2.59. The smallest absolute Gasteiger partial charge is 0.335 e. The molecule has 41 heavy (non-hydrogen) atoms. The Hall–Kier alpha value is -3.19. The van der Waals surface area contributed by atoms with Crippen LogP contribution in [0.1, 0.15) is 16.7 Å². The molecule has 2 aliphatic rings. The average molecular weight is 633 g/mol. The van der Waals surface area contributed by atoms with Crippen LogP contribution in [0.2, 0.25) is 10.0 Å². The third-order valence-corrected chi connectivity index (χ3v) is 9.04. The number of hydrogen-bond acceptors (Lipinski definition) is 5. The minimum atomic E-state index is -5.01. The summed E-state index contributed by atoms with van der Waals surface area (Å²) in [6, 6.07) is 14.4. The second-order valence-corrected chi connectivity index (χ2v) is 12.4. The van der Waals surface area contributed by atoms with Crippen molar-refractivity contribution in [2.24, 2.45) is 0 Å². The van der Waals surface area contributed by atoms with Crippen molar-refractivity contribution in [1.29, 1.82) is 0 Å². The molecule has 2 heterocycles. The highest BCUT2D eigenvalue weighted by molar-refractivity contribution is 7.92. The van der Waals surface area contributed by atoms with Crippen LogP contribution in [0, 0.1) is 5.82 Å². The summed E-state index contributed by atoms with van der Waals surface area (Å²) < 4.78 is 97.0. The summed E-state index contributed by atoms with van der Waals surface area (Å²) in [7, 11) is -3.90. The third kappa shape index (κ3) is 5.29. The van der Waals surface area contributed by atoms with Crippen molar-refractivity contribution in [3.8, 4) is 0 Å². The van der Waals surface area contributed by atoms with E-state index in [4.69, 9.17) is 28.0 Å². The van der Waals surface area contributed by atoms with E-state index >= 15 is 4.39 Å². The maximum absolute atomic E-state index is 15.5. The van der Waals surface area contributed by atoms with E-state index in [1.165, 1.54) is 48.5 Å². The average Bonchev–Trinajstić information content (AvgIpc) is 3.37. The number of benzene rings is 3. The molecule has 216 valence electrons. The van der Waals surface area contributed by atoms with Crippen LogP contribution in [0.15, 0.2) is 77.7 Å². The lowest BCUT2D eigenvalue weighted by atomic mass is 9.87. The number of rotatable bonds is 6. The second-order valence-electron chi connectivity index (χ2n) is 9.61. The minimum Gasteiger partial charge on any atom is -0.335 e. The van der Waals surface area contributed by atoms with Crippen LogP contribution >= 0.6 is 23.2 Å². The number of hydroxylamine groups is 1. The summed E-state index contributed by atoms with van der Waals surface area (Å²) in [6.45, 7) is -0.772. The van der Waals surface area contributed by atoms with E-state index in [9.17, 15) is 30.8 Å². The second kappa shape index (κ2) is 10.3. The van der Waals surface area contributed by atoms with Gasteiger partial charge in [0.25, 0.3) is 0 Å². The maximum atomic E-state index is 15.5. The first-order valence-corrected chi connectivity index (χ1v) is 14.3. The largest absolute Gasteiger partial charge is 0.428 e. The molecule has 0 aromatic heterocycles. The Labute approximate surface area is 241 Å². The number of carbonyl (C=O) groups is 1. The SMILES string of the molecule is O=C(CS(=O)(=O)c1ccccc1)N1CC(F)(c2ccc(C3=CC(c4cc(Cl)c(F)c(Cl)c4)(C(F)(F)F)ON3)cc2)C1. The van der Waals surface area contributed by atoms with E-state index < -0.39 is 60.4 Å². The normalized spacial score (nSPS) is 20.3. The van der Waals surface area contributed by atoms with Crippen LogP contribution in [0.4, 0.5) is 22.0 Å². The van der Waals surface area contributed by atoms with Gasteiger partial charge in [-0.25, -0.2) is 17.2 Å². The molecule has 6 nitrogen and oxygen atoms in total. The molecule has 1 saturated heterocycles. The number of amides is 1. The zero-order valence-electron chi connectivity index (χ0n) is 20.7. The van der Waals surface area contributed by atoms with Gasteiger partial charge in [0.1, 0.15) is 5.75 Å². The monoisotopic (exact) mass is 632 g/mol. The van der Waals surface area contributed by atoms with E-state index in [2.05, 4.69) is 5.48 Å². The summed E-state index contributed by atoms with van der Waals surface area (Å²) in [5.74, 6) is -2.63. The summed E-state index contributed by atoms with van der Waals surface area (Å²) >= 11 is 11.4. The fraction of sp³-hybridized carbons (Fsp3) is 0.222. The molecule has 0 spiro atoms. The zero-order valence-corrected chi connectivity index (χ0v) is 23.0. The summed E-state index contributed by atoms with van der Waals surface area (Å²) in [5.41, 5.74) is -3.10. The lowest BCUT2D eigenvalue weighted by molar-refractivity contribution is -0.269. The molecule has 0 saturated carbocycles. The fourth-order valence-electron chi connectivity index (χ4n) is 4.59. The number of alkyl halides is 4. The van der Waals surface area contributed by atoms with E-state index in [0.29, 0.717) is 0 Å². The summed E-state index contributed by atoms with van der Waals surface area (Å²) in [5, 5.41) is -1.24. The molecule has 1 amide bonds. The van der Waals surface area contributed by atoms with Gasteiger partial charge >= 0.3 is 6.18 Å². The molecule has 14 heteroatoms. The maximum Gasteiger partial charge on any atom is 0.428 e. The van der Waals surface area contributed by atoms with Crippen LogP contribution < -0.4 is 5.48 Å². The molecule has 0 bridgehead atoms. The van der Waals surface area contributed by atoms with Gasteiger partial charge in [-0.05, 0) is 41.5 Å². The Kier molecular flexibility index (Phi) is 7.34. The Morgan fingerprint density at radius 3 is 2.12 bits per heavy atom. The Morgan fingerprint density at radius 2 is 1.56 bits per heavy atom. The molecule has 1 N–H and O–H groups in total. The first kappa shape index (κ1) is 29.3. The van der Waals surface area contributed by atoms with Gasteiger partial charge in [-0.2, -0.15) is 13.2 Å². The molecule has 3 aromatic carbocycles.